The highest BCUT2D eigenvalue weighted by atomic mass is 16.3. The molecule has 0 bridgehead atoms. The molecular formula is C57H46N2O. The van der Waals surface area contributed by atoms with E-state index in [1.165, 1.54) is 61.8 Å². The maximum atomic E-state index is 7.94. The molecule has 3 nitrogen and oxygen atoms in total. The Morgan fingerprint density at radius 1 is 0.433 bits per heavy atom. The number of nitrogens with two attached hydrogens (primary N) is 1. The van der Waals surface area contributed by atoms with E-state index in [1.807, 2.05) is 54.6 Å². The minimum absolute atomic E-state index is 0.606. The maximum Gasteiger partial charge on any atom is 0.136 e. The van der Waals surface area contributed by atoms with Gasteiger partial charge in [0, 0.05) is 29.1 Å². The second kappa shape index (κ2) is 18.8. The summed E-state index contributed by atoms with van der Waals surface area (Å²) in [5, 5.41) is 9.95. The normalized spacial score (nSPS) is 10.6. The molecule has 0 amide bonds. The Hall–Kier alpha value is -7.59. The molecule has 0 radical (unpaired) electrons. The van der Waals surface area contributed by atoms with Crippen molar-refractivity contribution in [2.75, 3.05) is 0 Å². The lowest BCUT2D eigenvalue weighted by Crippen LogP contribution is -1.95. The molecule has 10 aromatic rings. The van der Waals surface area contributed by atoms with Gasteiger partial charge >= 0.3 is 0 Å². The van der Waals surface area contributed by atoms with E-state index in [9.17, 15) is 0 Å². The van der Waals surface area contributed by atoms with Crippen LogP contribution in [0.4, 0.5) is 0 Å². The second-order valence-electron chi connectivity index (χ2n) is 14.6. The van der Waals surface area contributed by atoms with Crippen LogP contribution in [-0.2, 0) is 6.54 Å². The average Bonchev–Trinajstić information content (AvgIpc) is 3.71. The van der Waals surface area contributed by atoms with Gasteiger partial charge in [0.05, 0.1) is 0 Å². The van der Waals surface area contributed by atoms with Crippen LogP contribution in [0.1, 0.15) is 16.7 Å². The first-order chi connectivity index (χ1) is 29.6. The second-order valence-corrected chi connectivity index (χ2v) is 14.6. The molecule has 0 aliphatic carbocycles. The third-order valence-electron chi connectivity index (χ3n) is 10.6. The minimum atomic E-state index is 0.606. The van der Waals surface area contributed by atoms with Gasteiger partial charge in [-0.2, -0.15) is 0 Å². The van der Waals surface area contributed by atoms with Gasteiger partial charge in [0.1, 0.15) is 11.2 Å². The zero-order chi connectivity index (χ0) is 41.1. The number of fused-ring (bicyclic) bond motifs is 3. The highest BCUT2D eigenvalue weighted by Crippen LogP contribution is 2.42. The molecule has 0 saturated carbocycles. The zero-order valence-electron chi connectivity index (χ0n) is 33.6. The predicted molar refractivity (Wildman–Crippen MR) is 254 cm³/mol. The smallest absolute Gasteiger partial charge is 0.136 e. The van der Waals surface area contributed by atoms with Crippen LogP contribution in [0.2, 0.25) is 0 Å². The number of furan rings is 1. The van der Waals surface area contributed by atoms with E-state index in [0.29, 0.717) is 6.54 Å². The SMILES string of the molecule is Cc1ccccc1.N=Cc1cccc2oc3ccc(-c4cccc(-c5cccc(-c6ccccc6)c5)c4-c4ccccc4)cc3c12.NCc1ccc(-c2ccccc2)cc1. The largest absolute Gasteiger partial charge is 0.456 e. The van der Waals surface area contributed by atoms with Crippen molar-refractivity contribution >= 4 is 28.2 Å². The van der Waals surface area contributed by atoms with Crippen molar-refractivity contribution in [2.24, 2.45) is 5.73 Å². The molecule has 0 aliphatic rings. The van der Waals surface area contributed by atoms with E-state index in [1.54, 1.807) is 0 Å². The van der Waals surface area contributed by atoms with Gasteiger partial charge in [-0.3, -0.25) is 0 Å². The molecule has 1 heterocycles. The van der Waals surface area contributed by atoms with Crippen molar-refractivity contribution in [3.05, 3.63) is 241 Å². The zero-order valence-corrected chi connectivity index (χ0v) is 33.6. The van der Waals surface area contributed by atoms with Gasteiger partial charge < -0.3 is 15.6 Å². The molecule has 1 aromatic heterocycles. The summed E-state index contributed by atoms with van der Waals surface area (Å²) in [5.74, 6) is 0. The van der Waals surface area contributed by atoms with Crippen LogP contribution >= 0.6 is 0 Å². The van der Waals surface area contributed by atoms with Crippen molar-refractivity contribution in [3.63, 3.8) is 0 Å². The van der Waals surface area contributed by atoms with Crippen LogP contribution in [0.15, 0.2) is 229 Å². The summed E-state index contributed by atoms with van der Waals surface area (Å²) in [6.45, 7) is 2.69. The molecular weight excluding hydrogens is 729 g/mol. The molecule has 0 fully saturated rings. The molecule has 10 rings (SSSR count). The van der Waals surface area contributed by atoms with E-state index in [4.69, 9.17) is 15.6 Å². The fraction of sp³-hybridized carbons (Fsp3) is 0.0351. The summed E-state index contributed by atoms with van der Waals surface area (Å²) < 4.78 is 6.15. The van der Waals surface area contributed by atoms with Gasteiger partial charge in [-0.15, -0.1) is 0 Å². The van der Waals surface area contributed by atoms with Crippen LogP contribution in [0.5, 0.6) is 0 Å². The first-order valence-corrected chi connectivity index (χ1v) is 20.3. The number of nitrogens with one attached hydrogen (secondary N) is 1. The van der Waals surface area contributed by atoms with Gasteiger partial charge in [0.15, 0.2) is 0 Å². The average molecular weight is 775 g/mol. The molecule has 3 N–H and O–H groups in total. The predicted octanol–water partition coefficient (Wildman–Crippen LogP) is 15.1. The molecule has 3 heteroatoms. The van der Waals surface area contributed by atoms with Crippen molar-refractivity contribution in [1.82, 2.24) is 0 Å². The Kier molecular flexibility index (Phi) is 12.3. The van der Waals surface area contributed by atoms with E-state index < -0.39 is 0 Å². The Balaban J connectivity index is 0.000000194. The molecule has 290 valence electrons. The van der Waals surface area contributed by atoms with Crippen molar-refractivity contribution < 1.29 is 4.42 Å². The van der Waals surface area contributed by atoms with E-state index in [0.717, 1.165) is 38.6 Å². The molecule has 0 unspecified atom stereocenters. The Bertz CT molecular complexity index is 2950. The highest BCUT2D eigenvalue weighted by Gasteiger charge is 2.17. The molecule has 0 aliphatic heterocycles. The molecule has 0 spiro atoms. The van der Waals surface area contributed by atoms with Crippen LogP contribution in [0, 0.1) is 12.3 Å². The Morgan fingerprint density at radius 2 is 0.917 bits per heavy atom. The maximum absolute atomic E-state index is 7.94. The summed E-state index contributed by atoms with van der Waals surface area (Å²) >= 11 is 0. The van der Waals surface area contributed by atoms with Crippen LogP contribution < -0.4 is 5.73 Å². The van der Waals surface area contributed by atoms with E-state index in [-0.39, 0.29) is 0 Å². The third-order valence-corrected chi connectivity index (χ3v) is 10.6. The van der Waals surface area contributed by atoms with Crippen LogP contribution in [-0.4, -0.2) is 6.21 Å². The lowest BCUT2D eigenvalue weighted by molar-refractivity contribution is 0.669. The lowest BCUT2D eigenvalue weighted by atomic mass is 9.86. The van der Waals surface area contributed by atoms with Gasteiger partial charge in [0.2, 0.25) is 0 Å². The molecule has 60 heavy (non-hydrogen) atoms. The Morgan fingerprint density at radius 3 is 1.50 bits per heavy atom. The van der Waals surface area contributed by atoms with Gasteiger partial charge in [-0.05, 0) is 92.4 Å². The van der Waals surface area contributed by atoms with Crippen LogP contribution in [0.25, 0.3) is 77.6 Å². The van der Waals surface area contributed by atoms with E-state index >= 15 is 0 Å². The number of hydrogen-bond acceptors (Lipinski definition) is 3. The fourth-order valence-corrected chi connectivity index (χ4v) is 7.59. The first-order valence-electron chi connectivity index (χ1n) is 20.3. The Labute approximate surface area is 352 Å². The third kappa shape index (κ3) is 8.93. The summed E-state index contributed by atoms with van der Waals surface area (Å²) in [4.78, 5) is 0. The molecule has 0 atom stereocenters. The quantitative estimate of drug-likeness (QED) is 0.158. The number of aryl methyl sites for hydroxylation is 1. The summed E-state index contributed by atoms with van der Waals surface area (Å²) in [6, 6.07) is 77.7. The number of benzene rings is 9. The van der Waals surface area contributed by atoms with Gasteiger partial charge in [0.25, 0.3) is 0 Å². The highest BCUT2D eigenvalue weighted by molar-refractivity contribution is 6.13. The standard InChI is InChI=1S/C37H25NO.C13H13N.C7H8/c38-24-30-16-8-19-35-37(30)33-23-29(20-21-34(33)39-35)32-18-9-17-31(36(32)26-12-5-2-6-13-26)28-15-7-14-27(22-28)25-10-3-1-4-11-25;14-10-11-6-8-13(9-7-11)12-4-2-1-3-5-12;1-7-5-3-2-4-6-7/h1-24,38H;1-9H,10,14H2;2-6H,1H3. The van der Waals surface area contributed by atoms with Gasteiger partial charge in [-0.25, -0.2) is 0 Å². The summed E-state index contributed by atoms with van der Waals surface area (Å²) in [5.41, 5.74) is 22.4. The minimum Gasteiger partial charge on any atom is -0.456 e. The van der Waals surface area contributed by atoms with E-state index in [2.05, 4.69) is 177 Å². The van der Waals surface area contributed by atoms with Crippen molar-refractivity contribution in [3.8, 4) is 55.6 Å². The summed E-state index contributed by atoms with van der Waals surface area (Å²) in [6.07, 6.45) is 1.40. The lowest BCUT2D eigenvalue weighted by Gasteiger charge is -2.17. The van der Waals surface area contributed by atoms with Crippen molar-refractivity contribution in [1.29, 1.82) is 5.41 Å². The fourth-order valence-electron chi connectivity index (χ4n) is 7.59. The van der Waals surface area contributed by atoms with Crippen LogP contribution in [0.3, 0.4) is 0 Å². The molecule has 0 saturated heterocycles. The number of hydrogen-bond donors (Lipinski definition) is 2. The monoisotopic (exact) mass is 774 g/mol. The topological polar surface area (TPSA) is 63.0 Å². The van der Waals surface area contributed by atoms with Crippen molar-refractivity contribution in [2.45, 2.75) is 13.5 Å². The first kappa shape index (κ1) is 39.2. The van der Waals surface area contributed by atoms with Gasteiger partial charge in [-0.1, -0.05) is 206 Å². The molecule has 9 aromatic carbocycles. The summed E-state index contributed by atoms with van der Waals surface area (Å²) in [7, 11) is 0. The number of rotatable bonds is 7.